The summed E-state index contributed by atoms with van der Waals surface area (Å²) in [4.78, 5) is 19.3. The molecule has 0 saturated carbocycles. The van der Waals surface area contributed by atoms with Crippen LogP contribution in [0.4, 0.5) is 5.82 Å². The lowest BCUT2D eigenvalue weighted by Gasteiger charge is -2.14. The molecule has 1 heterocycles. The van der Waals surface area contributed by atoms with Crippen molar-refractivity contribution in [3.63, 3.8) is 0 Å². The highest BCUT2D eigenvalue weighted by Gasteiger charge is 2.16. The van der Waals surface area contributed by atoms with Gasteiger partial charge in [0.2, 0.25) is 11.2 Å². The van der Waals surface area contributed by atoms with Crippen molar-refractivity contribution in [2.45, 2.75) is 20.8 Å². The second-order valence-corrected chi connectivity index (χ2v) is 4.07. The number of amides is 1. The minimum absolute atomic E-state index is 0.0558. The molecule has 4 nitrogen and oxygen atoms in total. The molecule has 0 spiro atoms. The number of anilines is 1. The summed E-state index contributed by atoms with van der Waals surface area (Å²) in [5.74, 6) is 0.619. The zero-order valence-electron chi connectivity index (χ0n) is 8.99. The van der Waals surface area contributed by atoms with Crippen LogP contribution in [0.15, 0.2) is 12.3 Å². The van der Waals surface area contributed by atoms with Crippen LogP contribution >= 0.6 is 11.6 Å². The number of hydrogen-bond acceptors (Lipinski definition) is 3. The molecule has 1 aromatic heterocycles. The van der Waals surface area contributed by atoms with E-state index in [1.807, 2.05) is 20.8 Å². The highest BCUT2D eigenvalue weighted by molar-refractivity contribution is 6.28. The normalized spacial score (nSPS) is 12.6. The molecule has 1 rings (SSSR count). The van der Waals surface area contributed by atoms with E-state index in [2.05, 4.69) is 15.3 Å². The molecule has 5 heteroatoms. The number of nitrogens with one attached hydrogen (secondary N) is 1. The first-order valence-corrected chi connectivity index (χ1v) is 5.18. The molecule has 0 radical (unpaired) electrons. The van der Waals surface area contributed by atoms with Gasteiger partial charge in [-0.25, -0.2) is 9.97 Å². The fraction of sp³-hybridized carbons (Fsp3) is 0.500. The van der Waals surface area contributed by atoms with Gasteiger partial charge in [0.15, 0.2) is 0 Å². The molecule has 0 aliphatic carbocycles. The van der Waals surface area contributed by atoms with Gasteiger partial charge >= 0.3 is 0 Å². The van der Waals surface area contributed by atoms with Crippen LogP contribution in [-0.4, -0.2) is 15.9 Å². The third-order valence-corrected chi connectivity index (χ3v) is 2.47. The Morgan fingerprint density at radius 2 is 2.13 bits per heavy atom. The number of carbonyl (C=O) groups excluding carboxylic acids is 1. The molecule has 0 aliphatic heterocycles. The lowest BCUT2D eigenvalue weighted by atomic mass is 9.97. The molecule has 0 bridgehead atoms. The summed E-state index contributed by atoms with van der Waals surface area (Å²) in [5, 5.41) is 2.82. The summed E-state index contributed by atoms with van der Waals surface area (Å²) in [6, 6.07) is 1.61. The van der Waals surface area contributed by atoms with Gasteiger partial charge in [-0.05, 0) is 23.6 Å². The van der Waals surface area contributed by atoms with Crippen LogP contribution < -0.4 is 5.32 Å². The van der Waals surface area contributed by atoms with Gasteiger partial charge < -0.3 is 5.32 Å². The Labute approximate surface area is 94.1 Å². The number of carbonyl (C=O) groups is 1. The maximum atomic E-state index is 11.7. The molecule has 1 unspecified atom stereocenters. The Kier molecular flexibility index (Phi) is 4.03. The first kappa shape index (κ1) is 11.9. The van der Waals surface area contributed by atoms with Crippen molar-refractivity contribution in [2.24, 2.45) is 11.8 Å². The van der Waals surface area contributed by atoms with E-state index in [9.17, 15) is 4.79 Å². The van der Waals surface area contributed by atoms with Gasteiger partial charge in [-0.15, -0.1) is 0 Å². The van der Waals surface area contributed by atoms with Crippen molar-refractivity contribution in [1.29, 1.82) is 0 Å². The number of halogens is 1. The van der Waals surface area contributed by atoms with E-state index in [4.69, 9.17) is 11.6 Å². The molecule has 0 aromatic carbocycles. The monoisotopic (exact) mass is 227 g/mol. The van der Waals surface area contributed by atoms with Crippen LogP contribution in [0.5, 0.6) is 0 Å². The lowest BCUT2D eigenvalue weighted by Crippen LogP contribution is -2.24. The van der Waals surface area contributed by atoms with Crippen LogP contribution in [0.1, 0.15) is 20.8 Å². The van der Waals surface area contributed by atoms with E-state index in [0.29, 0.717) is 11.7 Å². The minimum Gasteiger partial charge on any atom is -0.310 e. The van der Waals surface area contributed by atoms with E-state index >= 15 is 0 Å². The summed E-state index contributed by atoms with van der Waals surface area (Å²) in [5.41, 5.74) is 0. The van der Waals surface area contributed by atoms with Crippen molar-refractivity contribution < 1.29 is 4.79 Å². The molecule has 1 atom stereocenters. The maximum absolute atomic E-state index is 11.7. The molecule has 1 amide bonds. The standard InChI is InChI=1S/C10H14ClN3O/c1-6(2)7(3)9(15)13-8-4-5-12-10(11)14-8/h4-7H,1-3H3,(H,12,13,14,15). The summed E-state index contributed by atoms with van der Waals surface area (Å²) in [7, 11) is 0. The first-order valence-electron chi connectivity index (χ1n) is 4.80. The Morgan fingerprint density at radius 3 is 2.67 bits per heavy atom. The fourth-order valence-corrected chi connectivity index (χ4v) is 1.09. The van der Waals surface area contributed by atoms with E-state index in [1.54, 1.807) is 6.07 Å². The average molecular weight is 228 g/mol. The van der Waals surface area contributed by atoms with Crippen molar-refractivity contribution in [2.75, 3.05) is 5.32 Å². The van der Waals surface area contributed by atoms with Gasteiger partial charge in [-0.2, -0.15) is 0 Å². The quantitative estimate of drug-likeness (QED) is 0.807. The van der Waals surface area contributed by atoms with Crippen LogP contribution in [0.25, 0.3) is 0 Å². The zero-order valence-corrected chi connectivity index (χ0v) is 9.75. The highest BCUT2D eigenvalue weighted by atomic mass is 35.5. The SMILES string of the molecule is CC(C)C(C)C(=O)Nc1ccnc(Cl)n1. The molecular formula is C10H14ClN3O. The number of nitrogens with zero attached hydrogens (tertiary/aromatic N) is 2. The van der Waals surface area contributed by atoms with Gasteiger partial charge in [-0.3, -0.25) is 4.79 Å². The van der Waals surface area contributed by atoms with Crippen LogP contribution in [-0.2, 0) is 4.79 Å². The summed E-state index contributed by atoms with van der Waals surface area (Å²) in [6.07, 6.45) is 1.50. The van der Waals surface area contributed by atoms with E-state index in [1.165, 1.54) is 6.20 Å². The molecule has 0 saturated heterocycles. The van der Waals surface area contributed by atoms with E-state index in [-0.39, 0.29) is 17.1 Å². The van der Waals surface area contributed by atoms with Crippen molar-refractivity contribution in [1.82, 2.24) is 9.97 Å². The molecular weight excluding hydrogens is 214 g/mol. The van der Waals surface area contributed by atoms with E-state index < -0.39 is 0 Å². The summed E-state index contributed by atoms with van der Waals surface area (Å²) in [6.45, 7) is 5.87. The molecule has 1 N–H and O–H groups in total. The average Bonchev–Trinajstić information content (AvgIpc) is 2.16. The van der Waals surface area contributed by atoms with Crippen molar-refractivity contribution in [3.8, 4) is 0 Å². The second-order valence-electron chi connectivity index (χ2n) is 3.73. The zero-order chi connectivity index (χ0) is 11.4. The molecule has 15 heavy (non-hydrogen) atoms. The Hall–Kier alpha value is -1.16. The van der Waals surface area contributed by atoms with Crippen molar-refractivity contribution >= 4 is 23.3 Å². The summed E-state index contributed by atoms with van der Waals surface area (Å²) < 4.78 is 0. The lowest BCUT2D eigenvalue weighted by molar-refractivity contribution is -0.120. The van der Waals surface area contributed by atoms with Gasteiger partial charge in [0.1, 0.15) is 5.82 Å². The van der Waals surface area contributed by atoms with Crippen LogP contribution in [0.3, 0.4) is 0 Å². The van der Waals surface area contributed by atoms with Crippen LogP contribution in [0, 0.1) is 11.8 Å². The third kappa shape index (κ3) is 3.47. The van der Waals surface area contributed by atoms with Gasteiger partial charge in [-0.1, -0.05) is 20.8 Å². The molecule has 82 valence electrons. The Balaban J connectivity index is 2.66. The van der Waals surface area contributed by atoms with Crippen LogP contribution in [0.2, 0.25) is 5.28 Å². The van der Waals surface area contributed by atoms with Gasteiger partial charge in [0, 0.05) is 12.1 Å². The topological polar surface area (TPSA) is 54.9 Å². The highest BCUT2D eigenvalue weighted by Crippen LogP contribution is 2.13. The molecule has 0 aliphatic rings. The number of hydrogen-bond donors (Lipinski definition) is 1. The van der Waals surface area contributed by atoms with Gasteiger partial charge in [0.05, 0.1) is 0 Å². The Morgan fingerprint density at radius 1 is 1.47 bits per heavy atom. The summed E-state index contributed by atoms with van der Waals surface area (Å²) >= 11 is 5.60. The van der Waals surface area contributed by atoms with E-state index in [0.717, 1.165) is 0 Å². The predicted octanol–water partition coefficient (Wildman–Crippen LogP) is 2.36. The molecule has 1 aromatic rings. The largest absolute Gasteiger partial charge is 0.310 e. The number of aromatic nitrogens is 2. The third-order valence-electron chi connectivity index (χ3n) is 2.29. The second kappa shape index (κ2) is 5.07. The molecule has 0 fully saturated rings. The fourth-order valence-electron chi connectivity index (χ4n) is 0.947. The Bertz CT molecular complexity index is 354. The van der Waals surface area contributed by atoms with Crippen molar-refractivity contribution in [3.05, 3.63) is 17.5 Å². The predicted molar refractivity (Wildman–Crippen MR) is 59.7 cm³/mol. The smallest absolute Gasteiger partial charge is 0.228 e. The maximum Gasteiger partial charge on any atom is 0.228 e. The first-order chi connectivity index (χ1) is 7.00. The number of rotatable bonds is 3. The van der Waals surface area contributed by atoms with Gasteiger partial charge in [0.25, 0.3) is 0 Å². The minimum atomic E-state index is -0.0567.